The molecule has 1 N–H and O–H groups in total. The third kappa shape index (κ3) is 3.61. The predicted octanol–water partition coefficient (Wildman–Crippen LogP) is 4.12. The predicted molar refractivity (Wildman–Crippen MR) is 72.8 cm³/mol. The lowest BCUT2D eigenvalue weighted by Crippen LogP contribution is -2.18. The van der Waals surface area contributed by atoms with Crippen LogP contribution in [0.5, 0.6) is 0 Å². The van der Waals surface area contributed by atoms with Gasteiger partial charge in [-0.15, -0.1) is 0 Å². The Morgan fingerprint density at radius 1 is 1.05 bits per heavy atom. The van der Waals surface area contributed by atoms with Crippen LogP contribution in [-0.4, -0.2) is 0 Å². The van der Waals surface area contributed by atoms with Gasteiger partial charge in [0.25, 0.3) is 0 Å². The standard InChI is InChI=1S/C16H17F2N/c1-11-3-5-13(6-4-11)12(2)19-10-14-7-8-15(17)9-16(14)18/h3-9,12,19H,10H2,1-2H3. The first kappa shape index (κ1) is 13.7. The molecular formula is C16H17F2N. The van der Waals surface area contributed by atoms with Crippen LogP contribution in [-0.2, 0) is 6.54 Å². The van der Waals surface area contributed by atoms with Crippen molar-refractivity contribution in [2.24, 2.45) is 0 Å². The van der Waals surface area contributed by atoms with E-state index in [4.69, 9.17) is 0 Å². The van der Waals surface area contributed by atoms with Crippen LogP contribution in [0.25, 0.3) is 0 Å². The maximum atomic E-state index is 13.5. The van der Waals surface area contributed by atoms with E-state index in [1.165, 1.54) is 17.7 Å². The van der Waals surface area contributed by atoms with Crippen molar-refractivity contribution >= 4 is 0 Å². The van der Waals surface area contributed by atoms with E-state index in [-0.39, 0.29) is 6.04 Å². The lowest BCUT2D eigenvalue weighted by molar-refractivity contribution is 0.533. The summed E-state index contributed by atoms with van der Waals surface area (Å²) >= 11 is 0. The van der Waals surface area contributed by atoms with Crippen molar-refractivity contribution < 1.29 is 8.78 Å². The van der Waals surface area contributed by atoms with Gasteiger partial charge in [0, 0.05) is 24.2 Å². The van der Waals surface area contributed by atoms with Gasteiger partial charge >= 0.3 is 0 Å². The molecule has 2 aromatic rings. The van der Waals surface area contributed by atoms with E-state index in [0.29, 0.717) is 12.1 Å². The normalized spacial score (nSPS) is 12.4. The van der Waals surface area contributed by atoms with Crippen LogP contribution in [0.15, 0.2) is 42.5 Å². The van der Waals surface area contributed by atoms with Crippen molar-refractivity contribution in [3.63, 3.8) is 0 Å². The van der Waals surface area contributed by atoms with Crippen molar-refractivity contribution in [3.05, 3.63) is 70.8 Å². The molecule has 0 bridgehead atoms. The van der Waals surface area contributed by atoms with E-state index in [9.17, 15) is 8.78 Å². The quantitative estimate of drug-likeness (QED) is 0.872. The molecule has 0 heterocycles. The van der Waals surface area contributed by atoms with Gasteiger partial charge in [-0.05, 0) is 25.5 Å². The van der Waals surface area contributed by atoms with E-state index in [0.717, 1.165) is 11.6 Å². The summed E-state index contributed by atoms with van der Waals surface area (Å²) in [5.74, 6) is -1.06. The molecule has 1 unspecified atom stereocenters. The van der Waals surface area contributed by atoms with E-state index < -0.39 is 11.6 Å². The minimum atomic E-state index is -0.548. The molecular weight excluding hydrogens is 244 g/mol. The van der Waals surface area contributed by atoms with Crippen LogP contribution in [0.3, 0.4) is 0 Å². The van der Waals surface area contributed by atoms with Gasteiger partial charge < -0.3 is 5.32 Å². The number of hydrogen-bond donors (Lipinski definition) is 1. The smallest absolute Gasteiger partial charge is 0.130 e. The molecule has 0 aliphatic rings. The lowest BCUT2D eigenvalue weighted by atomic mass is 10.1. The van der Waals surface area contributed by atoms with Crippen molar-refractivity contribution in [1.29, 1.82) is 0 Å². The van der Waals surface area contributed by atoms with Gasteiger partial charge in [-0.2, -0.15) is 0 Å². The van der Waals surface area contributed by atoms with Crippen LogP contribution in [0.4, 0.5) is 8.78 Å². The highest BCUT2D eigenvalue weighted by atomic mass is 19.1. The summed E-state index contributed by atoms with van der Waals surface area (Å²) in [7, 11) is 0. The molecule has 0 saturated heterocycles. The number of aryl methyl sites for hydroxylation is 1. The lowest BCUT2D eigenvalue weighted by Gasteiger charge is -2.15. The Labute approximate surface area is 112 Å². The average molecular weight is 261 g/mol. The Balaban J connectivity index is 2.00. The molecule has 0 aromatic heterocycles. The summed E-state index contributed by atoms with van der Waals surface area (Å²) < 4.78 is 26.3. The van der Waals surface area contributed by atoms with Crippen LogP contribution >= 0.6 is 0 Å². The molecule has 100 valence electrons. The molecule has 0 fully saturated rings. The summed E-state index contributed by atoms with van der Waals surface area (Å²) in [6.45, 7) is 4.43. The molecule has 1 nitrogen and oxygen atoms in total. The maximum Gasteiger partial charge on any atom is 0.130 e. The summed E-state index contributed by atoms with van der Waals surface area (Å²) in [5, 5.41) is 3.23. The fourth-order valence-electron chi connectivity index (χ4n) is 1.90. The largest absolute Gasteiger partial charge is 0.306 e. The summed E-state index contributed by atoms with van der Waals surface area (Å²) in [4.78, 5) is 0. The minimum Gasteiger partial charge on any atom is -0.306 e. The molecule has 3 heteroatoms. The third-order valence-corrected chi connectivity index (χ3v) is 3.19. The zero-order valence-corrected chi connectivity index (χ0v) is 11.1. The first-order valence-corrected chi connectivity index (χ1v) is 6.30. The van der Waals surface area contributed by atoms with Crippen molar-refractivity contribution in [3.8, 4) is 0 Å². The second-order valence-corrected chi connectivity index (χ2v) is 4.75. The topological polar surface area (TPSA) is 12.0 Å². The molecule has 1 atom stereocenters. The summed E-state index contributed by atoms with van der Waals surface area (Å²) in [6.07, 6.45) is 0. The Bertz CT molecular complexity index is 549. The SMILES string of the molecule is Cc1ccc(C(C)NCc2ccc(F)cc2F)cc1. The fourth-order valence-corrected chi connectivity index (χ4v) is 1.90. The van der Waals surface area contributed by atoms with Gasteiger partial charge in [0.1, 0.15) is 11.6 Å². The molecule has 0 aliphatic carbocycles. The summed E-state index contributed by atoms with van der Waals surface area (Å²) in [6, 6.07) is 12.0. The Kier molecular flexibility index (Phi) is 4.27. The Hall–Kier alpha value is -1.74. The van der Waals surface area contributed by atoms with E-state index in [1.54, 1.807) is 0 Å². The van der Waals surface area contributed by atoms with Gasteiger partial charge in [-0.3, -0.25) is 0 Å². The summed E-state index contributed by atoms with van der Waals surface area (Å²) in [5.41, 5.74) is 2.83. The molecule has 2 rings (SSSR count). The Morgan fingerprint density at radius 3 is 2.37 bits per heavy atom. The number of halogens is 2. The van der Waals surface area contributed by atoms with E-state index >= 15 is 0 Å². The van der Waals surface area contributed by atoms with Gasteiger partial charge in [-0.25, -0.2) is 8.78 Å². The number of benzene rings is 2. The molecule has 2 aromatic carbocycles. The highest BCUT2D eigenvalue weighted by Gasteiger charge is 2.07. The van der Waals surface area contributed by atoms with E-state index in [2.05, 4.69) is 5.32 Å². The van der Waals surface area contributed by atoms with Crippen molar-refractivity contribution in [2.45, 2.75) is 26.4 Å². The monoisotopic (exact) mass is 261 g/mol. The fraction of sp³-hybridized carbons (Fsp3) is 0.250. The highest BCUT2D eigenvalue weighted by Crippen LogP contribution is 2.15. The second kappa shape index (κ2) is 5.93. The van der Waals surface area contributed by atoms with Gasteiger partial charge in [0.15, 0.2) is 0 Å². The van der Waals surface area contributed by atoms with Crippen molar-refractivity contribution in [2.75, 3.05) is 0 Å². The molecule has 0 spiro atoms. The Morgan fingerprint density at radius 2 is 1.74 bits per heavy atom. The minimum absolute atomic E-state index is 0.116. The second-order valence-electron chi connectivity index (χ2n) is 4.75. The number of rotatable bonds is 4. The average Bonchev–Trinajstić information content (AvgIpc) is 2.38. The maximum absolute atomic E-state index is 13.5. The first-order chi connectivity index (χ1) is 9.06. The third-order valence-electron chi connectivity index (χ3n) is 3.19. The van der Waals surface area contributed by atoms with Crippen LogP contribution in [0, 0.1) is 18.6 Å². The van der Waals surface area contributed by atoms with Gasteiger partial charge in [-0.1, -0.05) is 35.9 Å². The molecule has 0 radical (unpaired) electrons. The highest BCUT2D eigenvalue weighted by molar-refractivity contribution is 5.24. The van der Waals surface area contributed by atoms with Crippen LogP contribution in [0.2, 0.25) is 0 Å². The zero-order chi connectivity index (χ0) is 13.8. The first-order valence-electron chi connectivity index (χ1n) is 6.30. The number of nitrogens with one attached hydrogen (secondary N) is 1. The van der Waals surface area contributed by atoms with Crippen LogP contribution in [0.1, 0.15) is 29.7 Å². The number of hydrogen-bond acceptors (Lipinski definition) is 1. The molecule has 0 saturated carbocycles. The molecule has 19 heavy (non-hydrogen) atoms. The van der Waals surface area contributed by atoms with Gasteiger partial charge in [0.2, 0.25) is 0 Å². The van der Waals surface area contributed by atoms with Crippen LogP contribution < -0.4 is 5.32 Å². The molecule has 0 aliphatic heterocycles. The van der Waals surface area contributed by atoms with E-state index in [1.807, 2.05) is 38.1 Å². The molecule has 0 amide bonds. The van der Waals surface area contributed by atoms with Crippen molar-refractivity contribution in [1.82, 2.24) is 5.32 Å². The van der Waals surface area contributed by atoms with Gasteiger partial charge in [0.05, 0.1) is 0 Å². The zero-order valence-electron chi connectivity index (χ0n) is 11.1.